The summed E-state index contributed by atoms with van der Waals surface area (Å²) in [5.74, 6) is -1.67. The van der Waals surface area contributed by atoms with Crippen molar-refractivity contribution in [2.45, 2.75) is 64.8 Å². The second-order valence-electron chi connectivity index (χ2n) is 9.59. The Labute approximate surface area is 247 Å². The molecule has 0 aliphatic carbocycles. The number of fused-ring (bicyclic) bond motifs is 1. The first-order valence-electron chi connectivity index (χ1n) is 13.4. The maximum Gasteiger partial charge on any atom is 0.355 e. The smallest absolute Gasteiger partial charge is 0.355 e. The molecule has 14 heteroatoms. The monoisotopic (exact) mass is 607 g/mol. The van der Waals surface area contributed by atoms with Crippen molar-refractivity contribution in [2.75, 3.05) is 31.8 Å². The number of nitrogens with zero attached hydrogens (tertiary/aromatic N) is 3. The number of nitrogen functional groups attached to an aromatic ring is 1. The van der Waals surface area contributed by atoms with E-state index in [1.165, 1.54) is 23.8 Å². The lowest BCUT2D eigenvalue weighted by Gasteiger charge is -2.49. The van der Waals surface area contributed by atoms with Gasteiger partial charge in [0.15, 0.2) is 10.8 Å². The number of nitrogens with one attached hydrogen (secondary N) is 1. The summed E-state index contributed by atoms with van der Waals surface area (Å²) in [6.45, 7) is 7.61. The van der Waals surface area contributed by atoms with E-state index in [1.807, 2.05) is 0 Å². The predicted molar refractivity (Wildman–Crippen MR) is 157 cm³/mol. The fraction of sp³-hybridized carbons (Fsp3) is 0.556. The number of carbonyl (C=O) groups is 4. The maximum atomic E-state index is 13.1. The van der Waals surface area contributed by atoms with E-state index < -0.39 is 35.2 Å². The molecule has 0 saturated carbocycles. The molecule has 0 spiro atoms. The molecule has 224 valence electrons. The lowest BCUT2D eigenvalue weighted by Crippen LogP contribution is -2.71. The maximum absolute atomic E-state index is 13.1. The highest BCUT2D eigenvalue weighted by Gasteiger charge is 2.54. The van der Waals surface area contributed by atoms with Gasteiger partial charge in [0.1, 0.15) is 36.5 Å². The van der Waals surface area contributed by atoms with E-state index in [9.17, 15) is 19.2 Å². The Hall–Kier alpha value is -3.39. The van der Waals surface area contributed by atoms with E-state index in [1.54, 1.807) is 25.3 Å². The van der Waals surface area contributed by atoms with Gasteiger partial charge in [-0.3, -0.25) is 14.5 Å². The SMILES string of the molecule is C/C=C(\COC(=O)C1=C(C)CS[C@@H]2[C@H](NC(=O)/C(=N\OC)c3csc(N)n3)C(=O)N12)C(=O)OCC(CC)CCCC. The fourth-order valence-electron chi connectivity index (χ4n) is 4.32. The Morgan fingerprint density at radius 2 is 2.07 bits per heavy atom. The molecule has 1 aromatic heterocycles. The number of ether oxygens (including phenoxy) is 2. The average molecular weight is 608 g/mol. The van der Waals surface area contributed by atoms with Crippen LogP contribution in [0.1, 0.15) is 59.1 Å². The minimum Gasteiger partial charge on any atom is -0.462 e. The minimum absolute atomic E-state index is 0.108. The number of carbonyl (C=O) groups excluding carboxylic acids is 4. The molecule has 2 aliphatic heterocycles. The standard InChI is InChI=1S/C27H37N5O7S2/c1-6-9-10-16(7-2)11-38-25(35)17(8-3)12-39-26(36)21-15(4)13-40-24-20(23(34)32(21)24)30-22(33)19(31-37-5)18-14-41-27(28)29-18/h8,14,16,20,24H,6-7,9-13H2,1-5H3,(H2,28,29)(H,30,33)/b17-8+,31-19-/t16?,20-,24-/m1/s1. The minimum atomic E-state index is -0.901. The van der Waals surface area contributed by atoms with Gasteiger partial charge in [0.05, 0.1) is 12.2 Å². The molecule has 2 amide bonds. The average Bonchev–Trinajstić information content (AvgIpc) is 3.40. The molecule has 1 saturated heterocycles. The van der Waals surface area contributed by atoms with Crippen LogP contribution in [0.2, 0.25) is 0 Å². The Bertz CT molecular complexity index is 1240. The lowest BCUT2D eigenvalue weighted by atomic mass is 10.0. The van der Waals surface area contributed by atoms with E-state index in [0.29, 0.717) is 17.9 Å². The molecule has 3 N–H and O–H groups in total. The van der Waals surface area contributed by atoms with Gasteiger partial charge in [-0.05, 0) is 31.8 Å². The zero-order chi connectivity index (χ0) is 30.1. The summed E-state index contributed by atoms with van der Waals surface area (Å²) in [5.41, 5.74) is 6.75. The molecule has 2 aliphatic rings. The number of β-lactam (4-membered cyclic amide) rings is 1. The van der Waals surface area contributed by atoms with Crippen molar-refractivity contribution in [3.05, 3.63) is 34.0 Å². The van der Waals surface area contributed by atoms with Crippen molar-refractivity contribution in [2.24, 2.45) is 11.1 Å². The number of esters is 2. The number of allylic oxidation sites excluding steroid dienone is 1. The van der Waals surface area contributed by atoms with Crippen LogP contribution < -0.4 is 11.1 Å². The molecule has 1 aromatic rings. The normalized spacial score (nSPS) is 19.7. The summed E-state index contributed by atoms with van der Waals surface area (Å²) < 4.78 is 10.9. The summed E-state index contributed by atoms with van der Waals surface area (Å²) in [7, 11) is 1.29. The quantitative estimate of drug-likeness (QED) is 0.106. The van der Waals surface area contributed by atoms with Crippen molar-refractivity contribution in [1.29, 1.82) is 0 Å². The van der Waals surface area contributed by atoms with Crippen LogP contribution in [-0.2, 0) is 33.5 Å². The first-order valence-corrected chi connectivity index (χ1v) is 15.4. The van der Waals surface area contributed by atoms with Crippen LogP contribution in [0.3, 0.4) is 0 Å². The van der Waals surface area contributed by atoms with Crippen LogP contribution in [0.5, 0.6) is 0 Å². The second kappa shape index (κ2) is 15.0. The van der Waals surface area contributed by atoms with Crippen LogP contribution in [-0.4, -0.2) is 76.8 Å². The Kier molecular flexibility index (Phi) is 11.8. The molecule has 0 radical (unpaired) electrons. The topological polar surface area (TPSA) is 163 Å². The van der Waals surface area contributed by atoms with E-state index in [0.717, 1.165) is 37.0 Å². The molecule has 0 aromatic carbocycles. The van der Waals surface area contributed by atoms with E-state index >= 15 is 0 Å². The number of hydrogen-bond acceptors (Lipinski definition) is 12. The number of oxime groups is 1. The van der Waals surface area contributed by atoms with Gasteiger partial charge in [-0.2, -0.15) is 0 Å². The van der Waals surface area contributed by atoms with Crippen LogP contribution in [0, 0.1) is 5.92 Å². The third kappa shape index (κ3) is 7.67. The molecule has 3 heterocycles. The van der Waals surface area contributed by atoms with Crippen LogP contribution >= 0.6 is 23.1 Å². The van der Waals surface area contributed by atoms with Gasteiger partial charge in [-0.25, -0.2) is 14.6 Å². The zero-order valence-electron chi connectivity index (χ0n) is 23.9. The van der Waals surface area contributed by atoms with Crippen molar-refractivity contribution in [1.82, 2.24) is 15.2 Å². The fourth-order valence-corrected chi connectivity index (χ4v) is 6.16. The Morgan fingerprint density at radius 3 is 2.68 bits per heavy atom. The summed E-state index contributed by atoms with van der Waals surface area (Å²) >= 11 is 2.54. The second-order valence-corrected chi connectivity index (χ2v) is 11.6. The van der Waals surface area contributed by atoms with E-state index in [4.69, 9.17) is 20.0 Å². The van der Waals surface area contributed by atoms with Gasteiger partial charge in [0, 0.05) is 11.1 Å². The molecule has 12 nitrogen and oxygen atoms in total. The molecule has 3 atom stereocenters. The van der Waals surface area contributed by atoms with Crippen LogP contribution in [0.4, 0.5) is 5.13 Å². The lowest BCUT2D eigenvalue weighted by molar-refractivity contribution is -0.152. The van der Waals surface area contributed by atoms with E-state index in [2.05, 4.69) is 29.3 Å². The third-order valence-electron chi connectivity index (χ3n) is 6.76. The Morgan fingerprint density at radius 1 is 1.32 bits per heavy atom. The van der Waals surface area contributed by atoms with Gasteiger partial charge < -0.3 is 25.4 Å². The number of amides is 2. The molecular weight excluding hydrogens is 570 g/mol. The molecule has 1 unspecified atom stereocenters. The van der Waals surface area contributed by atoms with Gasteiger partial charge >= 0.3 is 11.9 Å². The van der Waals surface area contributed by atoms with Gasteiger partial charge in [0.25, 0.3) is 11.8 Å². The number of aromatic nitrogens is 1. The number of thioether (sulfide) groups is 1. The molecule has 3 rings (SSSR count). The number of rotatable bonds is 14. The summed E-state index contributed by atoms with van der Waals surface area (Å²) in [4.78, 5) is 62.0. The van der Waals surface area contributed by atoms with Crippen molar-refractivity contribution in [3.8, 4) is 0 Å². The van der Waals surface area contributed by atoms with Crippen LogP contribution in [0.15, 0.2) is 33.5 Å². The highest BCUT2D eigenvalue weighted by atomic mass is 32.2. The molecular formula is C27H37N5O7S2. The molecule has 0 bridgehead atoms. The van der Waals surface area contributed by atoms with Gasteiger partial charge in [0.2, 0.25) is 0 Å². The zero-order valence-corrected chi connectivity index (χ0v) is 25.6. The van der Waals surface area contributed by atoms with E-state index in [-0.39, 0.29) is 40.3 Å². The largest absolute Gasteiger partial charge is 0.462 e. The molecule has 1 fully saturated rings. The first-order chi connectivity index (χ1) is 19.7. The first kappa shape index (κ1) is 32.1. The summed E-state index contributed by atoms with van der Waals surface area (Å²) in [5, 5.41) is 7.69. The Balaban J connectivity index is 1.61. The predicted octanol–water partition coefficient (Wildman–Crippen LogP) is 3.00. The van der Waals surface area contributed by atoms with Crippen molar-refractivity contribution < 1.29 is 33.5 Å². The summed E-state index contributed by atoms with van der Waals surface area (Å²) in [6, 6.07) is -0.901. The number of thiazole rings is 1. The summed E-state index contributed by atoms with van der Waals surface area (Å²) in [6.07, 6.45) is 5.59. The molecule has 41 heavy (non-hydrogen) atoms. The van der Waals surface area contributed by atoms with Gasteiger partial charge in [-0.15, -0.1) is 23.1 Å². The third-order valence-corrected chi connectivity index (χ3v) is 8.86. The number of hydrogen-bond donors (Lipinski definition) is 2. The number of nitrogens with two attached hydrogens (primary N) is 1. The van der Waals surface area contributed by atoms with Crippen molar-refractivity contribution >= 4 is 57.7 Å². The van der Waals surface area contributed by atoms with Crippen LogP contribution in [0.25, 0.3) is 0 Å². The van der Waals surface area contributed by atoms with Crippen molar-refractivity contribution in [3.63, 3.8) is 0 Å². The number of anilines is 1. The highest BCUT2D eigenvalue weighted by molar-refractivity contribution is 8.00. The highest BCUT2D eigenvalue weighted by Crippen LogP contribution is 2.40. The number of unbranched alkanes of at least 4 members (excludes halogenated alkanes) is 1. The van der Waals surface area contributed by atoms with Gasteiger partial charge in [-0.1, -0.05) is 44.3 Å².